The van der Waals surface area contributed by atoms with E-state index in [1.165, 1.54) is 29.1 Å². The molecule has 0 aliphatic rings. The highest BCUT2D eigenvalue weighted by molar-refractivity contribution is 6.31. The van der Waals surface area contributed by atoms with Crippen molar-refractivity contribution in [3.8, 4) is 0 Å². The average Bonchev–Trinajstić information content (AvgIpc) is 2.54. The van der Waals surface area contributed by atoms with Gasteiger partial charge in [0.1, 0.15) is 12.4 Å². The van der Waals surface area contributed by atoms with Crippen molar-refractivity contribution in [2.75, 3.05) is 5.32 Å². The van der Waals surface area contributed by atoms with Crippen LogP contribution in [0.3, 0.4) is 0 Å². The number of halogens is 2. The molecule has 0 fully saturated rings. The minimum absolute atomic E-state index is 0.0743. The number of anilines is 1. The zero-order valence-electron chi connectivity index (χ0n) is 11.8. The van der Waals surface area contributed by atoms with E-state index in [-0.39, 0.29) is 22.9 Å². The first kappa shape index (κ1) is 15.2. The number of benzene rings is 2. The van der Waals surface area contributed by atoms with Crippen LogP contribution in [0.15, 0.2) is 53.5 Å². The van der Waals surface area contributed by atoms with E-state index in [0.717, 1.165) is 0 Å². The van der Waals surface area contributed by atoms with E-state index >= 15 is 0 Å². The predicted octanol–water partition coefficient (Wildman–Crippen LogP) is 2.83. The molecular weight excluding hydrogens is 321 g/mol. The summed E-state index contributed by atoms with van der Waals surface area (Å²) in [5.74, 6) is -0.924. The molecule has 1 amide bonds. The maximum absolute atomic E-state index is 13.1. The average molecular weight is 332 g/mol. The third-order valence-electron chi connectivity index (χ3n) is 3.26. The van der Waals surface area contributed by atoms with Crippen LogP contribution in [0, 0.1) is 5.82 Å². The summed E-state index contributed by atoms with van der Waals surface area (Å²) >= 11 is 5.67. The fourth-order valence-corrected chi connectivity index (χ4v) is 2.38. The molecule has 0 unspecified atom stereocenters. The Hall–Kier alpha value is -2.73. The van der Waals surface area contributed by atoms with Crippen LogP contribution in [0.4, 0.5) is 10.1 Å². The van der Waals surface area contributed by atoms with E-state index in [0.29, 0.717) is 16.6 Å². The van der Waals surface area contributed by atoms with E-state index in [9.17, 15) is 14.0 Å². The van der Waals surface area contributed by atoms with Crippen molar-refractivity contribution in [1.29, 1.82) is 0 Å². The molecule has 0 spiro atoms. The van der Waals surface area contributed by atoms with Gasteiger partial charge in [0, 0.05) is 11.1 Å². The maximum Gasteiger partial charge on any atom is 0.246 e. The number of aromatic nitrogens is 2. The molecule has 0 saturated carbocycles. The highest BCUT2D eigenvalue weighted by atomic mass is 35.5. The van der Waals surface area contributed by atoms with E-state index in [4.69, 9.17) is 11.6 Å². The minimum Gasteiger partial charge on any atom is -0.324 e. The van der Waals surface area contributed by atoms with Crippen molar-refractivity contribution >= 4 is 34.1 Å². The smallest absolute Gasteiger partial charge is 0.246 e. The number of hydrogen-bond acceptors (Lipinski definition) is 3. The first-order valence-electron chi connectivity index (χ1n) is 6.74. The number of carbonyl (C=O) groups is 1. The zero-order valence-corrected chi connectivity index (χ0v) is 12.5. The number of nitrogens with zero attached hydrogens (tertiary/aromatic N) is 2. The fourth-order valence-electron chi connectivity index (χ4n) is 2.20. The van der Waals surface area contributed by atoms with Crippen LogP contribution in [-0.2, 0) is 11.3 Å². The number of para-hydroxylation sites is 1. The molecule has 0 atom stereocenters. The Kier molecular flexibility index (Phi) is 4.08. The van der Waals surface area contributed by atoms with Crippen LogP contribution < -0.4 is 10.7 Å². The molecule has 5 nitrogen and oxygen atoms in total. The molecule has 2 aromatic carbocycles. The van der Waals surface area contributed by atoms with Crippen LogP contribution in [0.5, 0.6) is 0 Å². The molecule has 0 bridgehead atoms. The van der Waals surface area contributed by atoms with Crippen molar-refractivity contribution < 1.29 is 9.18 Å². The van der Waals surface area contributed by atoms with Gasteiger partial charge in [0.25, 0.3) is 0 Å². The molecular formula is C16H11ClFN3O2. The Labute approximate surface area is 135 Å². The number of carbonyl (C=O) groups excluding carboxylic acids is 1. The van der Waals surface area contributed by atoms with Gasteiger partial charge in [-0.2, -0.15) is 5.10 Å². The second-order valence-corrected chi connectivity index (χ2v) is 5.27. The Morgan fingerprint density at radius 1 is 1.26 bits per heavy atom. The van der Waals surface area contributed by atoms with Gasteiger partial charge in [0.2, 0.25) is 11.3 Å². The third-order valence-corrected chi connectivity index (χ3v) is 3.55. The lowest BCUT2D eigenvalue weighted by atomic mass is 10.2. The van der Waals surface area contributed by atoms with Crippen molar-refractivity contribution in [2.45, 2.75) is 6.54 Å². The van der Waals surface area contributed by atoms with E-state index in [1.807, 2.05) is 0 Å². The second-order valence-electron chi connectivity index (χ2n) is 4.86. The molecule has 1 heterocycles. The van der Waals surface area contributed by atoms with Crippen molar-refractivity contribution in [1.82, 2.24) is 9.78 Å². The van der Waals surface area contributed by atoms with Crippen LogP contribution in [0.25, 0.3) is 10.9 Å². The fraction of sp³-hybridized carbons (Fsp3) is 0.0625. The third kappa shape index (κ3) is 3.22. The van der Waals surface area contributed by atoms with Crippen molar-refractivity contribution in [3.63, 3.8) is 0 Å². The van der Waals surface area contributed by atoms with Crippen LogP contribution in [-0.4, -0.2) is 15.7 Å². The molecule has 0 radical (unpaired) electrons. The highest BCUT2D eigenvalue weighted by Crippen LogP contribution is 2.19. The van der Waals surface area contributed by atoms with Gasteiger partial charge in [-0.1, -0.05) is 23.7 Å². The summed E-state index contributed by atoms with van der Waals surface area (Å²) in [7, 11) is 0. The van der Waals surface area contributed by atoms with Gasteiger partial charge in [0.15, 0.2) is 0 Å². The summed E-state index contributed by atoms with van der Waals surface area (Å²) < 4.78 is 14.5. The molecule has 23 heavy (non-hydrogen) atoms. The number of hydrogen-bond donors (Lipinski definition) is 1. The largest absolute Gasteiger partial charge is 0.324 e. The summed E-state index contributed by atoms with van der Waals surface area (Å²) in [5, 5.41) is 7.00. The van der Waals surface area contributed by atoms with Crippen LogP contribution >= 0.6 is 11.6 Å². The molecule has 0 aliphatic heterocycles. The Balaban J connectivity index is 1.84. The van der Waals surface area contributed by atoms with Crippen LogP contribution in [0.2, 0.25) is 5.02 Å². The SMILES string of the molecule is O=C(Cn1ncc(=O)c2ccccc21)Nc1ccc(F)c(Cl)c1. The number of rotatable bonds is 3. The lowest BCUT2D eigenvalue weighted by Crippen LogP contribution is -2.22. The molecule has 1 aromatic heterocycles. The molecule has 0 aliphatic carbocycles. The molecule has 3 aromatic rings. The summed E-state index contributed by atoms with van der Waals surface area (Å²) in [6, 6.07) is 10.8. The van der Waals surface area contributed by atoms with Gasteiger partial charge in [0.05, 0.1) is 16.7 Å². The van der Waals surface area contributed by atoms with Gasteiger partial charge < -0.3 is 5.32 Å². The van der Waals surface area contributed by atoms with E-state index in [1.54, 1.807) is 24.3 Å². The number of nitrogens with one attached hydrogen (secondary N) is 1. The lowest BCUT2D eigenvalue weighted by molar-refractivity contribution is -0.116. The van der Waals surface area contributed by atoms with Gasteiger partial charge in [-0.15, -0.1) is 0 Å². The zero-order chi connectivity index (χ0) is 16.4. The lowest BCUT2D eigenvalue weighted by Gasteiger charge is -2.10. The van der Waals surface area contributed by atoms with Gasteiger partial charge in [-0.25, -0.2) is 4.39 Å². The van der Waals surface area contributed by atoms with Gasteiger partial charge in [-0.3, -0.25) is 14.3 Å². The number of fused-ring (bicyclic) bond motifs is 1. The predicted molar refractivity (Wildman–Crippen MR) is 86.0 cm³/mol. The Morgan fingerprint density at radius 2 is 2.04 bits per heavy atom. The second kappa shape index (κ2) is 6.18. The first-order valence-corrected chi connectivity index (χ1v) is 7.12. The highest BCUT2D eigenvalue weighted by Gasteiger charge is 2.09. The van der Waals surface area contributed by atoms with Gasteiger partial charge in [-0.05, 0) is 30.3 Å². The Bertz CT molecular complexity index is 955. The summed E-state index contributed by atoms with van der Waals surface area (Å²) in [6.45, 7) is -0.0875. The van der Waals surface area contributed by atoms with Crippen LogP contribution in [0.1, 0.15) is 0 Å². The monoisotopic (exact) mass is 331 g/mol. The standard InChI is InChI=1S/C16H11ClFN3O2/c17-12-7-10(5-6-13(12)18)20-16(23)9-21-14-4-2-1-3-11(14)15(22)8-19-21/h1-8H,9H2,(H,20,23). The van der Waals surface area contributed by atoms with E-state index < -0.39 is 5.82 Å². The maximum atomic E-state index is 13.1. The normalized spacial score (nSPS) is 10.7. The molecule has 3 rings (SSSR count). The first-order chi connectivity index (χ1) is 11.0. The Morgan fingerprint density at radius 3 is 2.83 bits per heavy atom. The van der Waals surface area contributed by atoms with E-state index in [2.05, 4.69) is 10.4 Å². The minimum atomic E-state index is -0.558. The summed E-state index contributed by atoms with van der Waals surface area (Å²) in [5.41, 5.74) is 0.738. The van der Waals surface area contributed by atoms with Gasteiger partial charge >= 0.3 is 0 Å². The molecule has 0 saturated heterocycles. The van der Waals surface area contributed by atoms with Crippen molar-refractivity contribution in [3.05, 3.63) is 69.7 Å². The molecule has 116 valence electrons. The quantitative estimate of drug-likeness (QED) is 0.802. The number of amides is 1. The van der Waals surface area contributed by atoms with Crippen molar-refractivity contribution in [2.24, 2.45) is 0 Å². The molecule has 1 N–H and O–H groups in total. The topological polar surface area (TPSA) is 64.0 Å². The summed E-state index contributed by atoms with van der Waals surface area (Å²) in [4.78, 5) is 23.9. The molecule has 7 heteroatoms. The summed E-state index contributed by atoms with van der Waals surface area (Å²) in [6.07, 6.45) is 1.17.